The van der Waals surface area contributed by atoms with Gasteiger partial charge in [0.2, 0.25) is 0 Å². The van der Waals surface area contributed by atoms with Crippen molar-refractivity contribution in [1.29, 1.82) is 0 Å². The first kappa shape index (κ1) is 8.01. The highest BCUT2D eigenvalue weighted by Crippen LogP contribution is 2.39. The van der Waals surface area contributed by atoms with E-state index in [-0.39, 0.29) is 0 Å². The topological polar surface area (TPSA) is 64.9 Å². The number of nitrogens with two attached hydrogens (primary N) is 2. The van der Waals surface area contributed by atoms with E-state index in [1.54, 1.807) is 0 Å². The van der Waals surface area contributed by atoms with Crippen LogP contribution in [0.1, 0.15) is 35.8 Å². The Hall–Kier alpha value is -0.610. The van der Waals surface area contributed by atoms with Crippen LogP contribution in [0.4, 0.5) is 5.13 Å². The van der Waals surface area contributed by atoms with Crippen molar-refractivity contribution in [2.75, 3.05) is 5.73 Å². The quantitative estimate of drug-likeness (QED) is 0.729. The molecule has 12 heavy (non-hydrogen) atoms. The van der Waals surface area contributed by atoms with Gasteiger partial charge >= 0.3 is 0 Å². The Labute approximate surface area is 75.8 Å². The van der Waals surface area contributed by atoms with Gasteiger partial charge in [-0.2, -0.15) is 0 Å². The molecule has 0 spiro atoms. The monoisotopic (exact) mass is 183 g/mol. The van der Waals surface area contributed by atoms with Crippen LogP contribution < -0.4 is 11.5 Å². The van der Waals surface area contributed by atoms with Crippen LogP contribution in [0.2, 0.25) is 0 Å². The van der Waals surface area contributed by atoms with E-state index in [0.717, 1.165) is 0 Å². The highest BCUT2D eigenvalue weighted by atomic mass is 32.1. The van der Waals surface area contributed by atoms with Gasteiger partial charge in [0.05, 0.1) is 5.69 Å². The number of aromatic nitrogens is 1. The smallest absolute Gasteiger partial charge is 0.180 e. The van der Waals surface area contributed by atoms with Gasteiger partial charge in [-0.05, 0) is 12.8 Å². The van der Waals surface area contributed by atoms with E-state index in [9.17, 15) is 0 Å². The van der Waals surface area contributed by atoms with Crippen molar-refractivity contribution < 1.29 is 0 Å². The van der Waals surface area contributed by atoms with Gasteiger partial charge in [0.25, 0.3) is 0 Å². The van der Waals surface area contributed by atoms with Gasteiger partial charge in [-0.1, -0.05) is 6.42 Å². The molecule has 1 heterocycles. The fourth-order valence-corrected chi connectivity index (χ4v) is 2.33. The van der Waals surface area contributed by atoms with Crippen LogP contribution in [0, 0.1) is 0 Å². The lowest BCUT2D eigenvalue weighted by Gasteiger charge is -2.24. The summed E-state index contributed by atoms with van der Waals surface area (Å²) < 4.78 is 0. The summed E-state index contributed by atoms with van der Waals surface area (Å²) in [6.07, 6.45) is 3.85. The standard InChI is InChI=1S/C8H13N3S/c9-4-6-7(5-2-1-3-5)11-8(10)12-6/h5H,1-4,9H2,(H2,10,11). The summed E-state index contributed by atoms with van der Waals surface area (Å²) in [6, 6.07) is 0. The lowest BCUT2D eigenvalue weighted by atomic mass is 9.82. The number of hydrogen-bond donors (Lipinski definition) is 2. The summed E-state index contributed by atoms with van der Waals surface area (Å²) in [6.45, 7) is 0.584. The Balaban J connectivity index is 2.27. The normalized spacial score (nSPS) is 17.8. The van der Waals surface area contributed by atoms with Gasteiger partial charge in [0, 0.05) is 17.3 Å². The third kappa shape index (κ3) is 1.21. The van der Waals surface area contributed by atoms with Gasteiger partial charge in [-0.15, -0.1) is 11.3 Å². The average molecular weight is 183 g/mol. The molecule has 66 valence electrons. The molecule has 4 N–H and O–H groups in total. The third-order valence-electron chi connectivity index (χ3n) is 2.42. The number of anilines is 1. The molecular formula is C8H13N3S. The number of nitrogen functional groups attached to an aromatic ring is 1. The minimum absolute atomic E-state index is 0.584. The Kier molecular flexibility index (Phi) is 2.02. The van der Waals surface area contributed by atoms with E-state index in [1.807, 2.05) is 0 Å². The molecule has 1 fully saturated rings. The molecule has 0 aliphatic heterocycles. The number of hydrogen-bond acceptors (Lipinski definition) is 4. The summed E-state index contributed by atoms with van der Waals surface area (Å²) in [5.74, 6) is 0.650. The maximum absolute atomic E-state index is 5.62. The molecule has 0 unspecified atom stereocenters. The van der Waals surface area contributed by atoms with E-state index in [2.05, 4.69) is 4.98 Å². The first-order chi connectivity index (χ1) is 5.81. The van der Waals surface area contributed by atoms with E-state index in [0.29, 0.717) is 17.6 Å². The summed E-state index contributed by atoms with van der Waals surface area (Å²) in [5.41, 5.74) is 12.4. The van der Waals surface area contributed by atoms with Crippen molar-refractivity contribution in [3.8, 4) is 0 Å². The van der Waals surface area contributed by atoms with Crippen LogP contribution in [0.5, 0.6) is 0 Å². The van der Waals surface area contributed by atoms with Crippen LogP contribution in [0.25, 0.3) is 0 Å². The second kappa shape index (κ2) is 3.03. The molecule has 0 saturated heterocycles. The van der Waals surface area contributed by atoms with E-state index in [1.165, 1.54) is 41.2 Å². The minimum atomic E-state index is 0.584. The maximum Gasteiger partial charge on any atom is 0.180 e. The van der Waals surface area contributed by atoms with Crippen LogP contribution in [0.3, 0.4) is 0 Å². The first-order valence-electron chi connectivity index (χ1n) is 4.26. The molecule has 0 aromatic carbocycles. The third-order valence-corrected chi connectivity index (χ3v) is 3.34. The van der Waals surface area contributed by atoms with Crippen LogP contribution >= 0.6 is 11.3 Å². The summed E-state index contributed by atoms with van der Waals surface area (Å²) in [5, 5.41) is 0.664. The largest absolute Gasteiger partial charge is 0.375 e. The van der Waals surface area contributed by atoms with Gasteiger partial charge in [0.1, 0.15) is 0 Å². The molecule has 3 nitrogen and oxygen atoms in total. The van der Waals surface area contributed by atoms with Crippen molar-refractivity contribution in [2.24, 2.45) is 5.73 Å². The molecule has 0 amide bonds. The maximum atomic E-state index is 5.62. The Morgan fingerprint density at radius 1 is 1.50 bits per heavy atom. The predicted octanol–water partition coefficient (Wildman–Crippen LogP) is 1.45. The van der Waals surface area contributed by atoms with E-state index < -0.39 is 0 Å². The van der Waals surface area contributed by atoms with Crippen molar-refractivity contribution >= 4 is 16.5 Å². The molecule has 0 bridgehead atoms. The van der Waals surface area contributed by atoms with Crippen LogP contribution in [0.15, 0.2) is 0 Å². The second-order valence-corrected chi connectivity index (χ2v) is 4.31. The molecule has 1 aromatic heterocycles. The van der Waals surface area contributed by atoms with Crippen LogP contribution in [-0.4, -0.2) is 4.98 Å². The Bertz CT molecular complexity index is 278. The summed E-state index contributed by atoms with van der Waals surface area (Å²) >= 11 is 1.53. The highest BCUT2D eigenvalue weighted by molar-refractivity contribution is 7.15. The zero-order chi connectivity index (χ0) is 8.55. The van der Waals surface area contributed by atoms with Crippen molar-refractivity contribution in [3.63, 3.8) is 0 Å². The van der Waals surface area contributed by atoms with Gasteiger partial charge in [-0.25, -0.2) is 4.98 Å². The number of rotatable bonds is 2. The van der Waals surface area contributed by atoms with Gasteiger partial charge in [0.15, 0.2) is 5.13 Å². The average Bonchev–Trinajstić information content (AvgIpc) is 2.27. The molecule has 2 rings (SSSR count). The Morgan fingerprint density at radius 2 is 2.25 bits per heavy atom. The number of nitrogens with zero attached hydrogens (tertiary/aromatic N) is 1. The molecule has 1 saturated carbocycles. The minimum Gasteiger partial charge on any atom is -0.375 e. The molecule has 4 heteroatoms. The summed E-state index contributed by atoms with van der Waals surface area (Å²) in [4.78, 5) is 5.50. The predicted molar refractivity (Wildman–Crippen MR) is 51.0 cm³/mol. The molecule has 1 aliphatic carbocycles. The lowest BCUT2D eigenvalue weighted by Crippen LogP contribution is -2.12. The Morgan fingerprint density at radius 3 is 2.75 bits per heavy atom. The second-order valence-electron chi connectivity index (χ2n) is 3.19. The van der Waals surface area contributed by atoms with Crippen LogP contribution in [-0.2, 0) is 6.54 Å². The molecule has 0 atom stereocenters. The fraction of sp³-hybridized carbons (Fsp3) is 0.625. The highest BCUT2D eigenvalue weighted by Gasteiger charge is 2.24. The fourth-order valence-electron chi connectivity index (χ4n) is 1.53. The first-order valence-corrected chi connectivity index (χ1v) is 5.08. The molecule has 1 aliphatic rings. The molecular weight excluding hydrogens is 170 g/mol. The zero-order valence-corrected chi connectivity index (χ0v) is 7.73. The molecule has 0 radical (unpaired) electrons. The van der Waals surface area contributed by atoms with Crippen molar-refractivity contribution in [2.45, 2.75) is 31.7 Å². The van der Waals surface area contributed by atoms with Crippen molar-refractivity contribution in [1.82, 2.24) is 4.98 Å². The molecule has 1 aromatic rings. The van der Waals surface area contributed by atoms with Crippen molar-refractivity contribution in [3.05, 3.63) is 10.6 Å². The summed E-state index contributed by atoms with van der Waals surface area (Å²) in [7, 11) is 0. The van der Waals surface area contributed by atoms with Gasteiger partial charge in [-0.3, -0.25) is 0 Å². The lowest BCUT2D eigenvalue weighted by molar-refractivity contribution is 0.410. The number of thiazole rings is 1. The SMILES string of the molecule is NCc1sc(N)nc1C1CCC1. The van der Waals surface area contributed by atoms with Gasteiger partial charge < -0.3 is 11.5 Å². The van der Waals surface area contributed by atoms with E-state index >= 15 is 0 Å². The van der Waals surface area contributed by atoms with E-state index in [4.69, 9.17) is 11.5 Å². The zero-order valence-electron chi connectivity index (χ0n) is 6.92.